The molecule has 0 spiro atoms. The highest BCUT2D eigenvalue weighted by Crippen LogP contribution is 2.37. The summed E-state index contributed by atoms with van der Waals surface area (Å²) in [6.07, 6.45) is 1.66. The SMILES string of the molecule is COC(=O)c1ccc(C)c(-c2cnc(OC)c(C3(O)COC3)c2)c1. The maximum absolute atomic E-state index is 11.8. The van der Waals surface area contributed by atoms with Crippen LogP contribution in [0.15, 0.2) is 30.5 Å². The maximum Gasteiger partial charge on any atom is 0.337 e. The van der Waals surface area contributed by atoms with Gasteiger partial charge in [0.25, 0.3) is 0 Å². The van der Waals surface area contributed by atoms with Crippen LogP contribution in [0.25, 0.3) is 11.1 Å². The van der Waals surface area contributed by atoms with Gasteiger partial charge in [0.15, 0.2) is 0 Å². The van der Waals surface area contributed by atoms with E-state index in [9.17, 15) is 9.90 Å². The summed E-state index contributed by atoms with van der Waals surface area (Å²) in [5.41, 5.74) is 2.56. The Labute approximate surface area is 140 Å². The van der Waals surface area contributed by atoms with Crippen molar-refractivity contribution in [3.05, 3.63) is 47.2 Å². The van der Waals surface area contributed by atoms with E-state index >= 15 is 0 Å². The summed E-state index contributed by atoms with van der Waals surface area (Å²) in [7, 11) is 2.86. The van der Waals surface area contributed by atoms with Crippen molar-refractivity contribution in [1.82, 2.24) is 4.98 Å². The number of ether oxygens (including phenoxy) is 3. The molecule has 6 heteroatoms. The van der Waals surface area contributed by atoms with Crippen LogP contribution in [0.2, 0.25) is 0 Å². The van der Waals surface area contributed by atoms with E-state index in [2.05, 4.69) is 4.98 Å². The summed E-state index contributed by atoms with van der Waals surface area (Å²) in [4.78, 5) is 16.1. The molecule has 1 aliphatic rings. The lowest BCUT2D eigenvalue weighted by atomic mass is 9.90. The predicted molar refractivity (Wildman–Crippen MR) is 87.0 cm³/mol. The van der Waals surface area contributed by atoms with E-state index < -0.39 is 11.6 Å². The quantitative estimate of drug-likeness (QED) is 0.865. The van der Waals surface area contributed by atoms with Crippen molar-refractivity contribution in [2.75, 3.05) is 27.4 Å². The third-order valence-electron chi connectivity index (χ3n) is 4.20. The number of esters is 1. The minimum Gasteiger partial charge on any atom is -0.481 e. The Kier molecular flexibility index (Phi) is 4.26. The van der Waals surface area contributed by atoms with Crippen molar-refractivity contribution in [2.45, 2.75) is 12.5 Å². The number of aryl methyl sites for hydroxylation is 1. The summed E-state index contributed by atoms with van der Waals surface area (Å²) in [6.45, 7) is 2.35. The minimum absolute atomic E-state index is 0.204. The second-order valence-corrected chi connectivity index (χ2v) is 5.83. The molecule has 0 atom stereocenters. The van der Waals surface area contributed by atoms with Crippen molar-refractivity contribution in [1.29, 1.82) is 0 Å². The van der Waals surface area contributed by atoms with Gasteiger partial charge in [0, 0.05) is 11.8 Å². The number of hydrogen-bond donors (Lipinski definition) is 1. The van der Waals surface area contributed by atoms with Crippen molar-refractivity contribution in [2.24, 2.45) is 0 Å². The molecule has 0 amide bonds. The third kappa shape index (κ3) is 2.74. The zero-order chi connectivity index (χ0) is 17.3. The Balaban J connectivity index is 2.10. The van der Waals surface area contributed by atoms with Gasteiger partial charge in [-0.2, -0.15) is 0 Å². The largest absolute Gasteiger partial charge is 0.481 e. The Hall–Kier alpha value is -2.44. The molecule has 2 heterocycles. The molecule has 1 fully saturated rings. The van der Waals surface area contributed by atoms with E-state index in [1.165, 1.54) is 14.2 Å². The van der Waals surface area contributed by atoms with Gasteiger partial charge in [-0.1, -0.05) is 6.07 Å². The highest BCUT2D eigenvalue weighted by Gasteiger charge is 2.41. The first-order valence-electron chi connectivity index (χ1n) is 7.52. The number of benzene rings is 1. The van der Waals surface area contributed by atoms with Crippen LogP contribution in [0, 0.1) is 6.92 Å². The topological polar surface area (TPSA) is 77.9 Å². The summed E-state index contributed by atoms with van der Waals surface area (Å²) < 4.78 is 15.2. The lowest BCUT2D eigenvalue weighted by molar-refractivity contribution is -0.185. The number of hydrogen-bond acceptors (Lipinski definition) is 6. The smallest absolute Gasteiger partial charge is 0.337 e. The van der Waals surface area contributed by atoms with Gasteiger partial charge >= 0.3 is 5.97 Å². The van der Waals surface area contributed by atoms with Crippen molar-refractivity contribution >= 4 is 5.97 Å². The molecule has 1 N–H and O–H groups in total. The molecule has 1 saturated heterocycles. The van der Waals surface area contributed by atoms with Gasteiger partial charge in [-0.25, -0.2) is 9.78 Å². The number of aromatic nitrogens is 1. The molecule has 0 radical (unpaired) electrons. The van der Waals surface area contributed by atoms with Crippen LogP contribution in [-0.4, -0.2) is 43.5 Å². The Bertz CT molecular complexity index is 783. The van der Waals surface area contributed by atoms with Gasteiger partial charge in [0.1, 0.15) is 5.60 Å². The molecule has 1 aliphatic heterocycles. The van der Waals surface area contributed by atoms with Crippen LogP contribution >= 0.6 is 0 Å². The predicted octanol–water partition coefficient (Wildman–Crippen LogP) is 2.07. The highest BCUT2D eigenvalue weighted by atomic mass is 16.5. The van der Waals surface area contributed by atoms with Gasteiger partial charge in [-0.3, -0.25) is 0 Å². The van der Waals surface area contributed by atoms with Crippen LogP contribution in [0.5, 0.6) is 5.88 Å². The number of methoxy groups -OCH3 is 2. The average molecular weight is 329 g/mol. The van der Waals surface area contributed by atoms with E-state index in [1.54, 1.807) is 18.3 Å². The normalized spacial score (nSPS) is 15.5. The molecule has 126 valence electrons. The van der Waals surface area contributed by atoms with Crippen molar-refractivity contribution < 1.29 is 24.1 Å². The van der Waals surface area contributed by atoms with Gasteiger partial charge < -0.3 is 19.3 Å². The van der Waals surface area contributed by atoms with Crippen LogP contribution < -0.4 is 4.74 Å². The average Bonchev–Trinajstić information content (AvgIpc) is 2.58. The number of pyridine rings is 1. The lowest BCUT2D eigenvalue weighted by Gasteiger charge is -2.37. The zero-order valence-electron chi connectivity index (χ0n) is 13.8. The van der Waals surface area contributed by atoms with Gasteiger partial charge in [0.05, 0.1) is 38.6 Å². The van der Waals surface area contributed by atoms with E-state index in [-0.39, 0.29) is 13.2 Å². The second kappa shape index (κ2) is 6.22. The Morgan fingerprint density at radius 3 is 2.62 bits per heavy atom. The van der Waals surface area contributed by atoms with Crippen LogP contribution in [0.1, 0.15) is 21.5 Å². The fraction of sp³-hybridized carbons (Fsp3) is 0.333. The second-order valence-electron chi connectivity index (χ2n) is 5.83. The lowest BCUT2D eigenvalue weighted by Crippen LogP contribution is -2.46. The summed E-state index contributed by atoms with van der Waals surface area (Å²) in [5.74, 6) is -0.0321. The van der Waals surface area contributed by atoms with E-state index in [1.807, 2.05) is 19.1 Å². The molecule has 0 bridgehead atoms. The molecule has 0 aliphatic carbocycles. The van der Waals surface area contributed by atoms with Crippen LogP contribution in [-0.2, 0) is 15.1 Å². The van der Waals surface area contributed by atoms with Gasteiger partial charge in [0.2, 0.25) is 5.88 Å². The molecule has 24 heavy (non-hydrogen) atoms. The third-order valence-corrected chi connectivity index (χ3v) is 4.20. The molecule has 2 aromatic rings. The van der Waals surface area contributed by atoms with Crippen molar-refractivity contribution in [3.63, 3.8) is 0 Å². The van der Waals surface area contributed by atoms with Crippen molar-refractivity contribution in [3.8, 4) is 17.0 Å². The highest BCUT2D eigenvalue weighted by molar-refractivity contribution is 5.91. The molecular formula is C18H19NO5. The number of nitrogens with zero attached hydrogens (tertiary/aromatic N) is 1. The molecule has 3 rings (SSSR count). The van der Waals surface area contributed by atoms with Crippen LogP contribution in [0.3, 0.4) is 0 Å². The van der Waals surface area contributed by atoms with E-state index in [4.69, 9.17) is 14.2 Å². The Morgan fingerprint density at radius 2 is 2.04 bits per heavy atom. The number of aliphatic hydroxyl groups is 1. The monoisotopic (exact) mass is 329 g/mol. The van der Waals surface area contributed by atoms with E-state index in [0.29, 0.717) is 17.0 Å². The van der Waals surface area contributed by atoms with Gasteiger partial charge in [-0.05, 0) is 36.2 Å². The first kappa shape index (κ1) is 16.4. The Morgan fingerprint density at radius 1 is 1.29 bits per heavy atom. The summed E-state index contributed by atoms with van der Waals surface area (Å²) in [6, 6.07) is 7.16. The zero-order valence-corrected chi connectivity index (χ0v) is 13.8. The summed E-state index contributed by atoms with van der Waals surface area (Å²) in [5, 5.41) is 10.6. The fourth-order valence-electron chi connectivity index (χ4n) is 2.72. The molecule has 0 unspecified atom stereocenters. The maximum atomic E-state index is 11.8. The molecule has 1 aromatic carbocycles. The number of rotatable bonds is 4. The molecule has 0 saturated carbocycles. The number of carbonyl (C=O) groups excluding carboxylic acids is 1. The molecule has 6 nitrogen and oxygen atoms in total. The number of carbonyl (C=O) groups is 1. The standard InChI is InChI=1S/C18H19NO5/c1-11-4-5-12(17(20)23-3)6-14(11)13-7-15(16(22-2)19-8-13)18(21)9-24-10-18/h4-8,21H,9-10H2,1-3H3. The summed E-state index contributed by atoms with van der Waals surface area (Å²) >= 11 is 0. The minimum atomic E-state index is -1.10. The van der Waals surface area contributed by atoms with Crippen LogP contribution in [0.4, 0.5) is 0 Å². The molecular weight excluding hydrogens is 310 g/mol. The first-order chi connectivity index (χ1) is 11.5. The first-order valence-corrected chi connectivity index (χ1v) is 7.52. The fourth-order valence-corrected chi connectivity index (χ4v) is 2.72. The van der Waals surface area contributed by atoms with E-state index in [0.717, 1.165) is 16.7 Å². The van der Waals surface area contributed by atoms with Gasteiger partial charge in [-0.15, -0.1) is 0 Å². The molecule has 1 aromatic heterocycles.